The molecule has 0 aliphatic carbocycles. The number of fused-ring (bicyclic) bond motifs is 1. The van der Waals surface area contributed by atoms with Gasteiger partial charge in [-0.3, -0.25) is 9.58 Å². The summed E-state index contributed by atoms with van der Waals surface area (Å²) in [5, 5.41) is 18.0. The summed E-state index contributed by atoms with van der Waals surface area (Å²) in [6, 6.07) is 10.2. The van der Waals surface area contributed by atoms with Crippen LogP contribution in [0.3, 0.4) is 0 Å². The predicted octanol–water partition coefficient (Wildman–Crippen LogP) is 2.78. The summed E-state index contributed by atoms with van der Waals surface area (Å²) < 4.78 is 4.45. The SMILES string of the molecule is Oc1cccc(CN2CCC(n3ccnc3-c3cc4n(n3)CCCNC4)CC2)c1. The van der Waals surface area contributed by atoms with Gasteiger partial charge in [0.05, 0.1) is 5.69 Å². The molecule has 5 rings (SSSR count). The van der Waals surface area contributed by atoms with Crippen molar-refractivity contribution < 1.29 is 5.11 Å². The molecule has 0 bridgehead atoms. The highest BCUT2D eigenvalue weighted by Crippen LogP contribution is 2.29. The Kier molecular flexibility index (Phi) is 5.08. The maximum Gasteiger partial charge on any atom is 0.160 e. The Labute approximate surface area is 171 Å². The molecule has 0 radical (unpaired) electrons. The van der Waals surface area contributed by atoms with Gasteiger partial charge in [-0.2, -0.15) is 5.10 Å². The maximum atomic E-state index is 9.68. The van der Waals surface area contributed by atoms with Crippen LogP contribution in [0.25, 0.3) is 11.5 Å². The highest BCUT2D eigenvalue weighted by molar-refractivity contribution is 5.50. The fraction of sp³-hybridized carbons (Fsp3) is 0.455. The lowest BCUT2D eigenvalue weighted by Gasteiger charge is -2.33. The molecular weight excluding hydrogens is 364 g/mol. The quantitative estimate of drug-likeness (QED) is 0.714. The maximum absolute atomic E-state index is 9.68. The number of nitrogens with one attached hydrogen (secondary N) is 1. The van der Waals surface area contributed by atoms with Crippen LogP contribution in [-0.2, 0) is 19.6 Å². The van der Waals surface area contributed by atoms with E-state index in [0.717, 1.165) is 70.0 Å². The molecule has 1 fully saturated rings. The van der Waals surface area contributed by atoms with Crippen molar-refractivity contribution in [1.29, 1.82) is 0 Å². The lowest BCUT2D eigenvalue weighted by atomic mass is 10.0. The van der Waals surface area contributed by atoms with Gasteiger partial charge in [0.15, 0.2) is 5.82 Å². The first-order valence-electron chi connectivity index (χ1n) is 10.6. The van der Waals surface area contributed by atoms with E-state index in [1.165, 1.54) is 11.3 Å². The van der Waals surface area contributed by atoms with Gasteiger partial charge in [0.2, 0.25) is 0 Å². The lowest BCUT2D eigenvalue weighted by molar-refractivity contribution is 0.180. The molecule has 0 saturated carbocycles. The molecule has 2 N–H and O–H groups in total. The topological polar surface area (TPSA) is 71.1 Å². The van der Waals surface area contributed by atoms with Crippen LogP contribution in [-0.4, -0.2) is 49.0 Å². The summed E-state index contributed by atoms with van der Waals surface area (Å²) in [6.07, 6.45) is 7.31. The van der Waals surface area contributed by atoms with Gasteiger partial charge in [-0.15, -0.1) is 0 Å². The summed E-state index contributed by atoms with van der Waals surface area (Å²) in [5.41, 5.74) is 3.39. The molecule has 3 aromatic rings. The van der Waals surface area contributed by atoms with Gasteiger partial charge in [0.25, 0.3) is 0 Å². The number of aromatic nitrogens is 4. The zero-order valence-electron chi connectivity index (χ0n) is 16.7. The van der Waals surface area contributed by atoms with Gasteiger partial charge < -0.3 is 15.0 Å². The largest absolute Gasteiger partial charge is 0.508 e. The number of hydrogen-bond donors (Lipinski definition) is 2. The third-order valence-corrected chi connectivity index (χ3v) is 6.06. The fourth-order valence-electron chi connectivity index (χ4n) is 4.55. The number of aromatic hydroxyl groups is 1. The summed E-state index contributed by atoms with van der Waals surface area (Å²) >= 11 is 0. The number of imidazole rings is 1. The van der Waals surface area contributed by atoms with Crippen LogP contribution >= 0.6 is 0 Å². The minimum atomic E-state index is 0.342. The second kappa shape index (κ2) is 8.00. The van der Waals surface area contributed by atoms with Crippen molar-refractivity contribution >= 4 is 0 Å². The van der Waals surface area contributed by atoms with E-state index >= 15 is 0 Å². The number of likely N-dealkylation sites (tertiary alicyclic amines) is 1. The van der Waals surface area contributed by atoms with E-state index < -0.39 is 0 Å². The Morgan fingerprint density at radius 3 is 2.90 bits per heavy atom. The Hall–Kier alpha value is -2.64. The second-order valence-electron chi connectivity index (χ2n) is 8.11. The number of piperidine rings is 1. The molecule has 152 valence electrons. The van der Waals surface area contributed by atoms with Gasteiger partial charge in [-0.25, -0.2) is 4.98 Å². The first kappa shape index (κ1) is 18.4. The molecule has 0 amide bonds. The van der Waals surface area contributed by atoms with E-state index in [-0.39, 0.29) is 0 Å². The molecule has 0 atom stereocenters. The number of phenolic OH excluding ortho intramolecular Hbond substituents is 1. The number of hydrogen-bond acceptors (Lipinski definition) is 5. The van der Waals surface area contributed by atoms with Crippen molar-refractivity contribution in [3.8, 4) is 17.3 Å². The average molecular weight is 393 g/mol. The van der Waals surface area contributed by atoms with Crippen molar-refractivity contribution in [3.05, 3.63) is 54.0 Å². The monoisotopic (exact) mass is 392 g/mol. The minimum Gasteiger partial charge on any atom is -0.508 e. The third-order valence-electron chi connectivity index (χ3n) is 6.06. The van der Waals surface area contributed by atoms with E-state index in [4.69, 9.17) is 5.10 Å². The Balaban J connectivity index is 1.27. The van der Waals surface area contributed by atoms with Gasteiger partial charge in [0.1, 0.15) is 11.4 Å². The predicted molar refractivity (Wildman–Crippen MR) is 111 cm³/mol. The van der Waals surface area contributed by atoms with Crippen LogP contribution in [0.2, 0.25) is 0 Å². The summed E-state index contributed by atoms with van der Waals surface area (Å²) in [6.45, 7) is 5.87. The van der Waals surface area contributed by atoms with Crippen molar-refractivity contribution in [3.63, 3.8) is 0 Å². The Bertz CT molecular complexity index is 946. The van der Waals surface area contributed by atoms with Crippen LogP contribution in [0, 0.1) is 0 Å². The highest BCUT2D eigenvalue weighted by Gasteiger charge is 2.24. The van der Waals surface area contributed by atoms with E-state index in [1.54, 1.807) is 6.07 Å². The molecule has 0 unspecified atom stereocenters. The minimum absolute atomic E-state index is 0.342. The van der Waals surface area contributed by atoms with E-state index in [2.05, 4.69) is 42.8 Å². The normalized spacial score (nSPS) is 18.5. The Morgan fingerprint density at radius 1 is 1.14 bits per heavy atom. The number of nitrogens with zero attached hydrogens (tertiary/aromatic N) is 5. The molecular formula is C22H28N6O. The van der Waals surface area contributed by atoms with Gasteiger partial charge >= 0.3 is 0 Å². The molecule has 4 heterocycles. The molecule has 2 aliphatic heterocycles. The van der Waals surface area contributed by atoms with Crippen LogP contribution in [0.5, 0.6) is 5.75 Å². The van der Waals surface area contributed by atoms with Gasteiger partial charge in [-0.05, 0) is 49.6 Å². The molecule has 2 aromatic heterocycles. The molecule has 29 heavy (non-hydrogen) atoms. The van der Waals surface area contributed by atoms with Crippen molar-refractivity contribution in [2.75, 3.05) is 19.6 Å². The van der Waals surface area contributed by atoms with Crippen molar-refractivity contribution in [2.45, 2.75) is 44.9 Å². The second-order valence-corrected chi connectivity index (χ2v) is 8.11. The third kappa shape index (κ3) is 3.93. The van der Waals surface area contributed by atoms with Crippen LogP contribution in [0.4, 0.5) is 0 Å². The first-order valence-corrected chi connectivity index (χ1v) is 10.6. The number of aryl methyl sites for hydroxylation is 1. The van der Waals surface area contributed by atoms with Crippen LogP contribution in [0.15, 0.2) is 42.7 Å². The van der Waals surface area contributed by atoms with Gasteiger partial charge in [0, 0.05) is 51.2 Å². The molecule has 2 aliphatic rings. The first-order chi connectivity index (χ1) is 14.3. The fourth-order valence-corrected chi connectivity index (χ4v) is 4.55. The summed E-state index contributed by atoms with van der Waals surface area (Å²) in [4.78, 5) is 7.11. The standard InChI is InChI=1S/C22H28N6O/c29-20-4-1-3-17(13-20)16-26-10-5-18(6-11-26)27-12-8-24-22(27)21-14-19-15-23-7-2-9-28(19)25-21/h1,3-4,8,12-14,18,23,29H,2,5-7,9-11,15-16H2. The smallest absolute Gasteiger partial charge is 0.160 e. The molecule has 1 aromatic carbocycles. The van der Waals surface area contributed by atoms with Crippen molar-refractivity contribution in [1.82, 2.24) is 29.5 Å². The zero-order chi connectivity index (χ0) is 19.6. The van der Waals surface area contributed by atoms with E-state index in [9.17, 15) is 5.11 Å². The van der Waals surface area contributed by atoms with Crippen molar-refractivity contribution in [2.24, 2.45) is 0 Å². The Morgan fingerprint density at radius 2 is 2.03 bits per heavy atom. The van der Waals surface area contributed by atoms with Crippen LogP contribution in [0.1, 0.15) is 36.6 Å². The molecule has 7 heteroatoms. The average Bonchev–Trinajstić information content (AvgIpc) is 3.31. The van der Waals surface area contributed by atoms with Crippen LogP contribution < -0.4 is 5.32 Å². The highest BCUT2D eigenvalue weighted by atomic mass is 16.3. The number of benzene rings is 1. The molecule has 7 nitrogen and oxygen atoms in total. The lowest BCUT2D eigenvalue weighted by Crippen LogP contribution is -2.34. The van der Waals surface area contributed by atoms with Gasteiger partial charge in [-0.1, -0.05) is 12.1 Å². The van der Waals surface area contributed by atoms with E-state index in [1.807, 2.05) is 18.3 Å². The summed E-state index contributed by atoms with van der Waals surface area (Å²) in [7, 11) is 0. The summed E-state index contributed by atoms with van der Waals surface area (Å²) in [5.74, 6) is 1.33. The molecule has 0 spiro atoms. The number of phenols is 1. The zero-order valence-corrected chi connectivity index (χ0v) is 16.7. The molecule has 1 saturated heterocycles. The number of rotatable bonds is 4. The van der Waals surface area contributed by atoms with E-state index in [0.29, 0.717) is 11.8 Å².